The Hall–Kier alpha value is -2.62. The van der Waals surface area contributed by atoms with E-state index in [1.807, 2.05) is 4.68 Å². The first-order chi connectivity index (χ1) is 15.0. The molecule has 2 unspecified atom stereocenters. The highest BCUT2D eigenvalue weighted by Gasteiger charge is 2.26. The SMILES string of the molecule is CCOC(=O)c1cnn(C2CCCN(C(=NCC(=O)N(C)C)NCC3CCCO3)C2)c1. The van der Waals surface area contributed by atoms with Gasteiger partial charge in [-0.2, -0.15) is 5.10 Å². The molecule has 3 rings (SSSR count). The van der Waals surface area contributed by atoms with Gasteiger partial charge >= 0.3 is 5.97 Å². The monoisotopic (exact) mass is 434 g/mol. The number of aliphatic imine (C=N–C) groups is 1. The van der Waals surface area contributed by atoms with Crippen LogP contribution in [0.3, 0.4) is 0 Å². The fraction of sp³-hybridized carbons (Fsp3) is 0.714. The molecule has 10 nitrogen and oxygen atoms in total. The number of piperidine rings is 1. The first-order valence-corrected chi connectivity index (χ1v) is 11.0. The zero-order valence-electron chi connectivity index (χ0n) is 18.7. The predicted octanol–water partition coefficient (Wildman–Crippen LogP) is 0.910. The van der Waals surface area contributed by atoms with Gasteiger partial charge in [-0.3, -0.25) is 9.48 Å². The maximum absolute atomic E-state index is 12.1. The fourth-order valence-corrected chi connectivity index (χ4v) is 3.78. The van der Waals surface area contributed by atoms with Crippen molar-refractivity contribution in [3.63, 3.8) is 0 Å². The van der Waals surface area contributed by atoms with Crippen molar-refractivity contribution in [3.8, 4) is 0 Å². The predicted molar refractivity (Wildman–Crippen MR) is 116 cm³/mol. The van der Waals surface area contributed by atoms with E-state index in [0.29, 0.717) is 31.2 Å². The van der Waals surface area contributed by atoms with Crippen LogP contribution in [0.15, 0.2) is 17.4 Å². The van der Waals surface area contributed by atoms with E-state index in [1.54, 1.807) is 38.3 Å². The normalized spacial score (nSPS) is 21.8. The molecule has 1 N–H and O–H groups in total. The molecule has 0 bridgehead atoms. The first kappa shape index (κ1) is 23.1. The van der Waals surface area contributed by atoms with Gasteiger partial charge in [0.15, 0.2) is 5.96 Å². The van der Waals surface area contributed by atoms with E-state index in [0.717, 1.165) is 38.8 Å². The molecule has 1 aromatic heterocycles. The highest BCUT2D eigenvalue weighted by molar-refractivity contribution is 5.88. The van der Waals surface area contributed by atoms with Crippen molar-refractivity contribution in [2.45, 2.75) is 44.8 Å². The van der Waals surface area contributed by atoms with E-state index in [9.17, 15) is 9.59 Å². The number of hydrogen-bond donors (Lipinski definition) is 1. The summed E-state index contributed by atoms with van der Waals surface area (Å²) in [6, 6.07) is 0.108. The molecule has 0 aromatic carbocycles. The molecule has 1 amide bonds. The van der Waals surface area contributed by atoms with Gasteiger partial charge < -0.3 is 24.6 Å². The maximum Gasteiger partial charge on any atom is 0.341 e. The molecule has 0 saturated carbocycles. The van der Waals surface area contributed by atoms with Gasteiger partial charge in [0, 0.05) is 46.5 Å². The van der Waals surface area contributed by atoms with E-state index in [4.69, 9.17) is 9.47 Å². The average molecular weight is 435 g/mol. The second-order valence-electron chi connectivity index (χ2n) is 8.12. The molecular weight excluding hydrogens is 400 g/mol. The van der Waals surface area contributed by atoms with Crippen LogP contribution in [0.1, 0.15) is 49.0 Å². The van der Waals surface area contributed by atoms with Crippen LogP contribution in [0.4, 0.5) is 0 Å². The number of amides is 1. The molecule has 2 fully saturated rings. The minimum atomic E-state index is -0.357. The van der Waals surface area contributed by atoms with E-state index in [-0.39, 0.29) is 30.6 Å². The molecule has 2 aliphatic heterocycles. The minimum absolute atomic E-state index is 0.0452. The van der Waals surface area contributed by atoms with Crippen molar-refractivity contribution in [2.24, 2.45) is 4.99 Å². The summed E-state index contributed by atoms with van der Waals surface area (Å²) >= 11 is 0. The molecule has 31 heavy (non-hydrogen) atoms. The summed E-state index contributed by atoms with van der Waals surface area (Å²) < 4.78 is 12.6. The molecule has 1 aromatic rings. The smallest absolute Gasteiger partial charge is 0.341 e. The number of carbonyl (C=O) groups excluding carboxylic acids is 2. The Morgan fingerprint density at radius 1 is 1.35 bits per heavy atom. The second kappa shape index (κ2) is 11.1. The third-order valence-corrected chi connectivity index (χ3v) is 5.56. The van der Waals surface area contributed by atoms with Gasteiger partial charge in [0.25, 0.3) is 0 Å². The molecule has 2 atom stereocenters. The van der Waals surface area contributed by atoms with Crippen molar-refractivity contribution in [1.82, 2.24) is 24.9 Å². The summed E-state index contributed by atoms with van der Waals surface area (Å²) in [6.45, 7) is 5.22. The zero-order valence-corrected chi connectivity index (χ0v) is 18.7. The number of aromatic nitrogens is 2. The van der Waals surface area contributed by atoms with Crippen molar-refractivity contribution in [3.05, 3.63) is 18.0 Å². The Labute approximate surface area is 183 Å². The number of guanidine groups is 1. The van der Waals surface area contributed by atoms with Gasteiger partial charge in [-0.15, -0.1) is 0 Å². The number of rotatable bonds is 7. The van der Waals surface area contributed by atoms with E-state index in [2.05, 4.69) is 20.3 Å². The summed E-state index contributed by atoms with van der Waals surface area (Å²) in [4.78, 5) is 32.4. The van der Waals surface area contributed by atoms with Gasteiger partial charge in [-0.1, -0.05) is 0 Å². The highest BCUT2D eigenvalue weighted by Crippen LogP contribution is 2.22. The number of nitrogens with zero attached hydrogens (tertiary/aromatic N) is 5. The number of likely N-dealkylation sites (tertiary alicyclic amines) is 1. The van der Waals surface area contributed by atoms with Gasteiger partial charge in [0.2, 0.25) is 5.91 Å². The Kier molecular flexibility index (Phi) is 8.27. The highest BCUT2D eigenvalue weighted by atomic mass is 16.5. The van der Waals surface area contributed by atoms with Crippen LogP contribution in [-0.2, 0) is 14.3 Å². The third kappa shape index (κ3) is 6.43. The number of hydrogen-bond acceptors (Lipinski definition) is 6. The summed E-state index contributed by atoms with van der Waals surface area (Å²) in [5.41, 5.74) is 0.459. The topological polar surface area (TPSA) is 101 Å². The summed E-state index contributed by atoms with van der Waals surface area (Å²) in [6.07, 6.45) is 7.50. The number of nitrogens with one attached hydrogen (secondary N) is 1. The van der Waals surface area contributed by atoms with Crippen LogP contribution >= 0.6 is 0 Å². The molecule has 172 valence electrons. The quantitative estimate of drug-likeness (QED) is 0.387. The van der Waals surface area contributed by atoms with E-state index < -0.39 is 0 Å². The second-order valence-corrected chi connectivity index (χ2v) is 8.12. The number of esters is 1. The lowest BCUT2D eigenvalue weighted by Crippen LogP contribution is -2.49. The largest absolute Gasteiger partial charge is 0.462 e. The van der Waals surface area contributed by atoms with E-state index in [1.165, 1.54) is 0 Å². The van der Waals surface area contributed by atoms with Crippen molar-refractivity contribution < 1.29 is 19.1 Å². The van der Waals surface area contributed by atoms with Crippen LogP contribution < -0.4 is 5.32 Å². The Morgan fingerprint density at radius 2 is 2.19 bits per heavy atom. The number of ether oxygens (including phenoxy) is 2. The fourth-order valence-electron chi connectivity index (χ4n) is 3.78. The van der Waals surface area contributed by atoms with Crippen molar-refractivity contribution in [1.29, 1.82) is 0 Å². The summed E-state index contributed by atoms with van der Waals surface area (Å²) in [5, 5.41) is 7.81. The minimum Gasteiger partial charge on any atom is -0.462 e. The molecular formula is C21H34N6O4. The van der Waals surface area contributed by atoms with Gasteiger partial charge in [-0.25, -0.2) is 9.79 Å². The number of carbonyl (C=O) groups is 2. The lowest BCUT2D eigenvalue weighted by Gasteiger charge is -2.35. The zero-order chi connectivity index (χ0) is 22.2. The van der Waals surface area contributed by atoms with Gasteiger partial charge in [-0.05, 0) is 32.6 Å². The molecule has 3 heterocycles. The van der Waals surface area contributed by atoms with Crippen LogP contribution in [0.25, 0.3) is 0 Å². The van der Waals surface area contributed by atoms with Crippen molar-refractivity contribution in [2.75, 3.05) is 53.5 Å². The third-order valence-electron chi connectivity index (χ3n) is 5.56. The number of likely N-dealkylation sites (N-methyl/N-ethyl adjacent to an activating group) is 1. The average Bonchev–Trinajstić information content (AvgIpc) is 3.46. The Morgan fingerprint density at radius 3 is 2.90 bits per heavy atom. The molecule has 0 radical (unpaired) electrons. The Bertz CT molecular complexity index is 772. The molecule has 2 saturated heterocycles. The lowest BCUT2D eigenvalue weighted by atomic mass is 10.1. The van der Waals surface area contributed by atoms with Gasteiger partial charge in [0.05, 0.1) is 30.5 Å². The maximum atomic E-state index is 12.1. The van der Waals surface area contributed by atoms with Crippen LogP contribution in [-0.4, -0.2) is 97.0 Å². The van der Waals surface area contributed by atoms with Crippen molar-refractivity contribution >= 4 is 17.8 Å². The van der Waals surface area contributed by atoms with Gasteiger partial charge in [0.1, 0.15) is 6.54 Å². The van der Waals surface area contributed by atoms with E-state index >= 15 is 0 Å². The first-order valence-electron chi connectivity index (χ1n) is 11.0. The molecule has 0 aliphatic carbocycles. The van der Waals surface area contributed by atoms with Crippen LogP contribution in [0.5, 0.6) is 0 Å². The molecule has 10 heteroatoms. The van der Waals surface area contributed by atoms with Crippen LogP contribution in [0.2, 0.25) is 0 Å². The molecule has 0 spiro atoms. The Balaban J connectivity index is 1.68. The molecule has 2 aliphatic rings. The lowest BCUT2D eigenvalue weighted by molar-refractivity contribution is -0.127. The summed E-state index contributed by atoms with van der Waals surface area (Å²) in [5.74, 6) is 0.313. The standard InChI is InChI=1S/C21H34N6O4/c1-4-30-20(29)16-11-24-27(14-16)17-7-5-9-26(15-17)21(23-13-19(28)25(2)3)22-12-18-8-6-10-31-18/h11,14,17-18H,4-10,12-13,15H2,1-3H3,(H,22,23). The van der Waals surface area contributed by atoms with Crippen LogP contribution in [0, 0.1) is 0 Å². The summed E-state index contributed by atoms with van der Waals surface area (Å²) in [7, 11) is 3.46.